The van der Waals surface area contributed by atoms with Crippen LogP contribution in [-0.2, 0) is 11.2 Å². The molecule has 0 radical (unpaired) electrons. The second-order valence-electron chi connectivity index (χ2n) is 5.76. The van der Waals surface area contributed by atoms with Crippen molar-refractivity contribution in [1.82, 2.24) is 4.90 Å². The third-order valence-electron chi connectivity index (χ3n) is 4.61. The minimum absolute atomic E-state index is 0.184. The molecule has 1 atom stereocenters. The Bertz CT molecular complexity index is 466. The molecule has 3 nitrogen and oxygen atoms in total. The predicted molar refractivity (Wildman–Crippen MR) is 74.1 cm³/mol. The minimum atomic E-state index is -0.698. The molecule has 0 amide bonds. The van der Waals surface area contributed by atoms with Crippen molar-refractivity contribution in [3.63, 3.8) is 0 Å². The van der Waals surface area contributed by atoms with E-state index in [2.05, 4.69) is 29.2 Å². The summed E-state index contributed by atoms with van der Waals surface area (Å²) in [6.45, 7) is 0.184. The van der Waals surface area contributed by atoms with E-state index >= 15 is 0 Å². The molecular formula is C16H21NO2. The summed E-state index contributed by atoms with van der Waals surface area (Å²) < 4.78 is 0. The standard InChI is InChI=1S/C16H21NO2/c18-16(19)11-17(13-6-2-3-7-13)15-10-9-12-5-1-4-8-14(12)15/h1,4-5,8,13,15H,2-3,6-7,9-11H2,(H,18,19). The molecule has 1 saturated carbocycles. The molecular weight excluding hydrogens is 238 g/mol. The Morgan fingerprint density at radius 1 is 1.21 bits per heavy atom. The molecule has 0 heterocycles. The third kappa shape index (κ3) is 2.52. The van der Waals surface area contributed by atoms with Crippen molar-refractivity contribution < 1.29 is 9.90 Å². The molecule has 0 aliphatic heterocycles. The van der Waals surface area contributed by atoms with Gasteiger partial charge in [0.15, 0.2) is 0 Å². The van der Waals surface area contributed by atoms with Crippen molar-refractivity contribution in [1.29, 1.82) is 0 Å². The number of aliphatic carboxylic acids is 1. The maximum Gasteiger partial charge on any atom is 0.317 e. The van der Waals surface area contributed by atoms with Gasteiger partial charge in [0.05, 0.1) is 6.54 Å². The van der Waals surface area contributed by atoms with Crippen LogP contribution in [0.5, 0.6) is 0 Å². The van der Waals surface area contributed by atoms with Gasteiger partial charge < -0.3 is 5.11 Å². The van der Waals surface area contributed by atoms with Gasteiger partial charge >= 0.3 is 5.97 Å². The molecule has 1 aromatic rings. The molecule has 102 valence electrons. The van der Waals surface area contributed by atoms with E-state index in [9.17, 15) is 9.90 Å². The van der Waals surface area contributed by atoms with Gasteiger partial charge in [-0.05, 0) is 36.8 Å². The summed E-state index contributed by atoms with van der Waals surface area (Å²) in [6.07, 6.45) is 6.97. The zero-order valence-electron chi connectivity index (χ0n) is 11.2. The number of rotatable bonds is 4. The van der Waals surface area contributed by atoms with Crippen LogP contribution in [0.1, 0.15) is 49.3 Å². The van der Waals surface area contributed by atoms with E-state index < -0.39 is 5.97 Å². The summed E-state index contributed by atoms with van der Waals surface area (Å²) in [6, 6.07) is 9.30. The lowest BCUT2D eigenvalue weighted by atomic mass is 10.0. The van der Waals surface area contributed by atoms with Crippen molar-refractivity contribution in [2.75, 3.05) is 6.54 Å². The van der Waals surface area contributed by atoms with Crippen molar-refractivity contribution >= 4 is 5.97 Å². The fourth-order valence-electron chi connectivity index (χ4n) is 3.77. The van der Waals surface area contributed by atoms with E-state index in [0.29, 0.717) is 12.1 Å². The summed E-state index contributed by atoms with van der Waals surface area (Å²) in [7, 11) is 0. The topological polar surface area (TPSA) is 40.5 Å². The van der Waals surface area contributed by atoms with Gasteiger partial charge in [0.2, 0.25) is 0 Å². The zero-order chi connectivity index (χ0) is 13.2. The number of aryl methyl sites for hydroxylation is 1. The van der Waals surface area contributed by atoms with E-state index in [1.165, 1.54) is 24.0 Å². The molecule has 2 aliphatic rings. The maximum atomic E-state index is 11.2. The smallest absolute Gasteiger partial charge is 0.317 e. The number of benzene rings is 1. The second-order valence-corrected chi connectivity index (χ2v) is 5.76. The molecule has 1 N–H and O–H groups in total. The number of hydrogen-bond acceptors (Lipinski definition) is 2. The van der Waals surface area contributed by atoms with Crippen molar-refractivity contribution in [2.45, 2.75) is 50.6 Å². The van der Waals surface area contributed by atoms with Crippen LogP contribution in [0.3, 0.4) is 0 Å². The largest absolute Gasteiger partial charge is 0.480 e. The Morgan fingerprint density at radius 2 is 1.95 bits per heavy atom. The van der Waals surface area contributed by atoms with Gasteiger partial charge in [-0.3, -0.25) is 9.69 Å². The minimum Gasteiger partial charge on any atom is -0.480 e. The summed E-state index contributed by atoms with van der Waals surface area (Å²) >= 11 is 0. The average Bonchev–Trinajstić information content (AvgIpc) is 3.05. The number of carboxylic acid groups (broad SMARTS) is 1. The Balaban J connectivity index is 1.85. The van der Waals surface area contributed by atoms with Crippen molar-refractivity contribution in [3.8, 4) is 0 Å². The van der Waals surface area contributed by atoms with Gasteiger partial charge in [0.25, 0.3) is 0 Å². The van der Waals surface area contributed by atoms with E-state index in [-0.39, 0.29) is 6.54 Å². The predicted octanol–water partition coefficient (Wildman–Crippen LogP) is 3.00. The van der Waals surface area contributed by atoms with Crippen LogP contribution >= 0.6 is 0 Å². The van der Waals surface area contributed by atoms with E-state index in [1.54, 1.807) is 0 Å². The molecule has 1 unspecified atom stereocenters. The molecule has 0 spiro atoms. The Labute approximate surface area is 114 Å². The zero-order valence-corrected chi connectivity index (χ0v) is 11.2. The lowest BCUT2D eigenvalue weighted by Gasteiger charge is -2.33. The van der Waals surface area contributed by atoms with E-state index in [1.807, 2.05) is 0 Å². The first-order valence-electron chi connectivity index (χ1n) is 7.31. The van der Waals surface area contributed by atoms with Crippen LogP contribution in [0.2, 0.25) is 0 Å². The van der Waals surface area contributed by atoms with Crippen molar-refractivity contribution in [2.24, 2.45) is 0 Å². The maximum absolute atomic E-state index is 11.2. The Morgan fingerprint density at radius 3 is 2.68 bits per heavy atom. The lowest BCUT2D eigenvalue weighted by molar-refractivity contribution is -0.139. The summed E-state index contributed by atoms with van der Waals surface area (Å²) in [5, 5.41) is 9.21. The van der Waals surface area contributed by atoms with Gasteiger partial charge in [-0.15, -0.1) is 0 Å². The molecule has 1 fully saturated rings. The molecule has 2 aliphatic carbocycles. The first kappa shape index (κ1) is 12.7. The van der Waals surface area contributed by atoms with Gasteiger partial charge in [0.1, 0.15) is 0 Å². The van der Waals surface area contributed by atoms with Crippen LogP contribution in [0.25, 0.3) is 0 Å². The summed E-state index contributed by atoms with van der Waals surface area (Å²) in [5.74, 6) is -0.698. The SMILES string of the molecule is O=C(O)CN(C1CCCC1)C1CCc2ccccc21. The van der Waals surface area contributed by atoms with Gasteiger partial charge in [-0.25, -0.2) is 0 Å². The van der Waals surface area contributed by atoms with Gasteiger partial charge in [-0.1, -0.05) is 37.1 Å². The quantitative estimate of drug-likeness (QED) is 0.903. The molecule has 0 bridgehead atoms. The third-order valence-corrected chi connectivity index (χ3v) is 4.61. The number of carbonyl (C=O) groups is 1. The summed E-state index contributed by atoms with van der Waals surface area (Å²) in [5.41, 5.74) is 2.76. The molecule has 1 aromatic carbocycles. The Hall–Kier alpha value is -1.35. The van der Waals surface area contributed by atoms with Gasteiger partial charge in [0, 0.05) is 12.1 Å². The lowest BCUT2D eigenvalue weighted by Crippen LogP contribution is -2.39. The normalized spacial score (nSPS) is 22.9. The van der Waals surface area contributed by atoms with Crippen LogP contribution < -0.4 is 0 Å². The first-order chi connectivity index (χ1) is 9.25. The fraction of sp³-hybridized carbons (Fsp3) is 0.562. The molecule has 3 heteroatoms. The van der Waals surface area contributed by atoms with Crippen molar-refractivity contribution in [3.05, 3.63) is 35.4 Å². The van der Waals surface area contributed by atoms with E-state index in [0.717, 1.165) is 25.7 Å². The highest BCUT2D eigenvalue weighted by molar-refractivity contribution is 5.69. The number of nitrogens with zero attached hydrogens (tertiary/aromatic N) is 1. The first-order valence-corrected chi connectivity index (χ1v) is 7.31. The number of fused-ring (bicyclic) bond motifs is 1. The highest BCUT2D eigenvalue weighted by Gasteiger charge is 2.34. The Kier molecular flexibility index (Phi) is 3.56. The number of carboxylic acids is 1. The van der Waals surface area contributed by atoms with E-state index in [4.69, 9.17) is 0 Å². The monoisotopic (exact) mass is 259 g/mol. The molecule has 0 aromatic heterocycles. The fourth-order valence-corrected chi connectivity index (χ4v) is 3.77. The van der Waals surface area contributed by atoms with Gasteiger partial charge in [-0.2, -0.15) is 0 Å². The van der Waals surface area contributed by atoms with Crippen LogP contribution in [0.4, 0.5) is 0 Å². The van der Waals surface area contributed by atoms with Crippen LogP contribution in [0, 0.1) is 0 Å². The number of hydrogen-bond donors (Lipinski definition) is 1. The second kappa shape index (κ2) is 5.33. The molecule has 0 saturated heterocycles. The summed E-state index contributed by atoms with van der Waals surface area (Å²) in [4.78, 5) is 13.4. The van der Waals surface area contributed by atoms with Crippen LogP contribution in [-0.4, -0.2) is 28.6 Å². The molecule has 19 heavy (non-hydrogen) atoms. The average molecular weight is 259 g/mol. The van der Waals surface area contributed by atoms with Crippen LogP contribution in [0.15, 0.2) is 24.3 Å². The highest BCUT2D eigenvalue weighted by atomic mass is 16.4. The molecule has 3 rings (SSSR count). The highest BCUT2D eigenvalue weighted by Crippen LogP contribution is 2.39.